The zero-order valence-corrected chi connectivity index (χ0v) is 15.7. The molecule has 0 spiro atoms. The Labute approximate surface area is 154 Å². The predicted octanol–water partition coefficient (Wildman–Crippen LogP) is 2.57. The van der Waals surface area contributed by atoms with E-state index in [0.29, 0.717) is 17.8 Å². The molecule has 1 saturated heterocycles. The van der Waals surface area contributed by atoms with Crippen molar-refractivity contribution in [1.29, 1.82) is 0 Å². The van der Waals surface area contributed by atoms with Gasteiger partial charge in [-0.25, -0.2) is 9.59 Å². The van der Waals surface area contributed by atoms with E-state index in [-0.39, 0.29) is 6.03 Å². The molecule has 6 heteroatoms. The molecule has 1 aromatic rings. The first kappa shape index (κ1) is 18.5. The third kappa shape index (κ3) is 3.90. The van der Waals surface area contributed by atoms with Gasteiger partial charge >= 0.3 is 12.0 Å². The number of nitrogens with zero attached hydrogens (tertiary/aromatic N) is 1. The Bertz CT molecular complexity index is 736. The molecule has 26 heavy (non-hydrogen) atoms. The summed E-state index contributed by atoms with van der Waals surface area (Å²) >= 11 is 0. The van der Waals surface area contributed by atoms with E-state index in [1.807, 2.05) is 26.0 Å². The summed E-state index contributed by atoms with van der Waals surface area (Å²) < 4.78 is 5.05. The fourth-order valence-corrected chi connectivity index (χ4v) is 3.82. The number of piperidine rings is 1. The molecule has 2 N–H and O–H groups in total. The van der Waals surface area contributed by atoms with Gasteiger partial charge in [-0.1, -0.05) is 30.2 Å². The number of hydrogen-bond acceptors (Lipinski definition) is 4. The first-order valence-electron chi connectivity index (χ1n) is 9.18. The smallest absolute Gasteiger partial charge is 0.338 e. The lowest BCUT2D eigenvalue weighted by Gasteiger charge is -2.33. The van der Waals surface area contributed by atoms with Gasteiger partial charge in [0.1, 0.15) is 0 Å². The summed E-state index contributed by atoms with van der Waals surface area (Å²) in [7, 11) is 1.38. The molecule has 0 bridgehead atoms. The lowest BCUT2D eigenvalue weighted by molar-refractivity contribution is -0.136. The van der Waals surface area contributed by atoms with E-state index in [0.717, 1.165) is 42.6 Å². The van der Waals surface area contributed by atoms with Crippen LogP contribution >= 0.6 is 0 Å². The number of aryl methyl sites for hydroxylation is 2. The number of carbonyl (C=O) groups excluding carboxylic acids is 2. The van der Waals surface area contributed by atoms with Gasteiger partial charge in [0.15, 0.2) is 0 Å². The zero-order chi connectivity index (χ0) is 18.7. The van der Waals surface area contributed by atoms with Crippen LogP contribution in [0, 0.1) is 13.8 Å². The fraction of sp³-hybridized carbons (Fsp3) is 0.500. The molecular formula is C20H27N3O3. The molecule has 2 aliphatic heterocycles. The molecule has 0 radical (unpaired) electrons. The minimum atomic E-state index is -0.503. The summed E-state index contributed by atoms with van der Waals surface area (Å²) in [4.78, 5) is 27.2. The van der Waals surface area contributed by atoms with Crippen LogP contribution < -0.4 is 10.6 Å². The van der Waals surface area contributed by atoms with E-state index >= 15 is 0 Å². The van der Waals surface area contributed by atoms with E-state index < -0.39 is 12.0 Å². The van der Waals surface area contributed by atoms with Crippen molar-refractivity contribution in [3.63, 3.8) is 0 Å². The van der Waals surface area contributed by atoms with Crippen molar-refractivity contribution in [3.8, 4) is 0 Å². The second-order valence-electron chi connectivity index (χ2n) is 7.11. The number of methoxy groups -OCH3 is 1. The number of urea groups is 1. The first-order chi connectivity index (χ1) is 12.5. The normalized spacial score (nSPS) is 21.2. The van der Waals surface area contributed by atoms with E-state index in [4.69, 9.17) is 4.74 Å². The van der Waals surface area contributed by atoms with Crippen LogP contribution in [0.3, 0.4) is 0 Å². The Kier molecular flexibility index (Phi) is 5.61. The number of hydrogen-bond donors (Lipinski definition) is 2. The highest BCUT2D eigenvalue weighted by Gasteiger charge is 2.34. The minimum absolute atomic E-state index is 0.283. The van der Waals surface area contributed by atoms with Crippen LogP contribution in [0.1, 0.15) is 42.0 Å². The maximum absolute atomic E-state index is 12.6. The highest BCUT2D eigenvalue weighted by atomic mass is 16.5. The zero-order valence-electron chi connectivity index (χ0n) is 15.7. The number of nitrogens with one attached hydrogen (secondary N) is 2. The Balaban J connectivity index is 2.01. The average Bonchev–Trinajstić information content (AvgIpc) is 2.61. The summed E-state index contributed by atoms with van der Waals surface area (Å²) in [6.45, 7) is 6.54. The monoisotopic (exact) mass is 357 g/mol. The van der Waals surface area contributed by atoms with Gasteiger partial charge in [-0.15, -0.1) is 0 Å². The number of rotatable bonds is 4. The number of amides is 2. The van der Waals surface area contributed by atoms with Gasteiger partial charge in [0.05, 0.1) is 18.7 Å². The van der Waals surface area contributed by atoms with Crippen molar-refractivity contribution in [2.75, 3.05) is 26.7 Å². The van der Waals surface area contributed by atoms with Crippen molar-refractivity contribution in [2.24, 2.45) is 0 Å². The maximum atomic E-state index is 12.6. The molecule has 140 valence electrons. The van der Waals surface area contributed by atoms with E-state index in [1.54, 1.807) is 0 Å². The third-order valence-electron chi connectivity index (χ3n) is 5.13. The SMILES string of the molecule is COC(=O)C1=C(CN2CCCCC2)NC(=O)NC1c1ccc(C)cc1C. The summed E-state index contributed by atoms with van der Waals surface area (Å²) in [5, 5.41) is 5.74. The average molecular weight is 357 g/mol. The molecule has 0 saturated carbocycles. The number of benzene rings is 1. The summed E-state index contributed by atoms with van der Waals surface area (Å²) in [5.74, 6) is -0.408. The second-order valence-corrected chi connectivity index (χ2v) is 7.11. The van der Waals surface area contributed by atoms with Gasteiger partial charge in [-0.2, -0.15) is 0 Å². The fourth-order valence-electron chi connectivity index (χ4n) is 3.82. The number of ether oxygens (including phenoxy) is 1. The van der Waals surface area contributed by atoms with Crippen LogP contribution in [0.4, 0.5) is 4.79 Å². The number of likely N-dealkylation sites (tertiary alicyclic amines) is 1. The van der Waals surface area contributed by atoms with Crippen LogP contribution in [0.5, 0.6) is 0 Å². The molecule has 2 heterocycles. The molecule has 1 atom stereocenters. The minimum Gasteiger partial charge on any atom is -0.466 e. The predicted molar refractivity (Wildman–Crippen MR) is 99.7 cm³/mol. The lowest BCUT2D eigenvalue weighted by Crippen LogP contribution is -2.49. The van der Waals surface area contributed by atoms with Crippen LogP contribution in [0.25, 0.3) is 0 Å². The summed E-state index contributed by atoms with van der Waals surface area (Å²) in [6, 6.07) is 5.24. The van der Waals surface area contributed by atoms with Crippen molar-refractivity contribution in [3.05, 3.63) is 46.2 Å². The Morgan fingerprint density at radius 1 is 1.23 bits per heavy atom. The molecular weight excluding hydrogens is 330 g/mol. The van der Waals surface area contributed by atoms with Crippen molar-refractivity contribution in [2.45, 2.75) is 39.2 Å². The molecule has 2 aliphatic rings. The van der Waals surface area contributed by atoms with Crippen LogP contribution in [0.2, 0.25) is 0 Å². The van der Waals surface area contributed by atoms with Gasteiger partial charge in [0, 0.05) is 12.2 Å². The maximum Gasteiger partial charge on any atom is 0.338 e. The molecule has 1 unspecified atom stereocenters. The van der Waals surface area contributed by atoms with E-state index in [9.17, 15) is 9.59 Å². The van der Waals surface area contributed by atoms with E-state index in [2.05, 4.69) is 21.6 Å². The Morgan fingerprint density at radius 3 is 2.62 bits per heavy atom. The van der Waals surface area contributed by atoms with Crippen LogP contribution in [-0.4, -0.2) is 43.6 Å². The highest BCUT2D eigenvalue weighted by Crippen LogP contribution is 2.30. The largest absolute Gasteiger partial charge is 0.466 e. The standard InChI is InChI=1S/C20H27N3O3/c1-13-7-8-15(14(2)11-13)18-17(19(24)26-3)16(21-20(25)22-18)12-23-9-5-4-6-10-23/h7-8,11,18H,4-6,9-10,12H2,1-3H3,(H2,21,22,25). The molecule has 1 fully saturated rings. The van der Waals surface area contributed by atoms with Crippen LogP contribution in [-0.2, 0) is 9.53 Å². The van der Waals surface area contributed by atoms with Gasteiger partial charge in [0.25, 0.3) is 0 Å². The topological polar surface area (TPSA) is 70.7 Å². The van der Waals surface area contributed by atoms with Crippen molar-refractivity contribution >= 4 is 12.0 Å². The third-order valence-corrected chi connectivity index (χ3v) is 5.13. The van der Waals surface area contributed by atoms with Crippen molar-refractivity contribution in [1.82, 2.24) is 15.5 Å². The first-order valence-corrected chi connectivity index (χ1v) is 9.18. The molecule has 1 aromatic carbocycles. The molecule has 3 rings (SSSR count). The summed E-state index contributed by atoms with van der Waals surface area (Å²) in [6.07, 6.45) is 3.53. The molecule has 2 amide bonds. The molecule has 0 aliphatic carbocycles. The van der Waals surface area contributed by atoms with E-state index in [1.165, 1.54) is 13.5 Å². The second kappa shape index (κ2) is 7.91. The molecule has 6 nitrogen and oxygen atoms in total. The van der Waals surface area contributed by atoms with Crippen molar-refractivity contribution < 1.29 is 14.3 Å². The van der Waals surface area contributed by atoms with Crippen LogP contribution in [0.15, 0.2) is 29.5 Å². The number of carbonyl (C=O) groups is 2. The van der Waals surface area contributed by atoms with Gasteiger partial charge in [-0.05, 0) is 50.9 Å². The quantitative estimate of drug-likeness (QED) is 0.813. The molecule has 0 aromatic heterocycles. The number of esters is 1. The lowest BCUT2D eigenvalue weighted by atomic mass is 9.91. The highest BCUT2D eigenvalue weighted by molar-refractivity contribution is 5.95. The summed E-state index contributed by atoms with van der Waals surface area (Å²) in [5.41, 5.74) is 4.23. The Hall–Kier alpha value is -2.34. The Morgan fingerprint density at radius 2 is 1.96 bits per heavy atom. The van der Waals surface area contributed by atoms with Gasteiger partial charge < -0.3 is 15.4 Å². The van der Waals surface area contributed by atoms with Gasteiger partial charge in [-0.3, -0.25) is 4.90 Å². The van der Waals surface area contributed by atoms with Gasteiger partial charge in [0.2, 0.25) is 0 Å².